The number of thioether (sulfide) groups is 1. The first-order valence-corrected chi connectivity index (χ1v) is 10.7. The maximum Gasteiger partial charge on any atom is 0.267 e. The van der Waals surface area contributed by atoms with E-state index in [0.29, 0.717) is 21.4 Å². The number of benzene rings is 2. The third-order valence-corrected chi connectivity index (χ3v) is 5.58. The Hall–Kier alpha value is -3.71. The maximum absolute atomic E-state index is 13.8. The van der Waals surface area contributed by atoms with Gasteiger partial charge in [0, 0.05) is 5.56 Å². The summed E-state index contributed by atoms with van der Waals surface area (Å²) in [6.45, 7) is 2.17. The van der Waals surface area contributed by atoms with Crippen LogP contribution in [0.3, 0.4) is 0 Å². The van der Waals surface area contributed by atoms with Crippen molar-refractivity contribution in [2.45, 2.75) is 13.5 Å². The van der Waals surface area contributed by atoms with E-state index in [2.05, 4.69) is 10.2 Å². The zero-order valence-corrected chi connectivity index (χ0v) is 18.1. The van der Waals surface area contributed by atoms with Gasteiger partial charge >= 0.3 is 0 Å². The largest absolute Gasteiger partial charge is 0.467 e. The Labute approximate surface area is 189 Å². The summed E-state index contributed by atoms with van der Waals surface area (Å²) in [5, 5.41) is 8.62. The molecule has 4 rings (SSSR count). The molecule has 0 aliphatic carbocycles. The van der Waals surface area contributed by atoms with Crippen molar-refractivity contribution in [2.24, 2.45) is 10.2 Å². The van der Waals surface area contributed by atoms with E-state index >= 15 is 0 Å². The first-order valence-electron chi connectivity index (χ1n) is 9.93. The Morgan fingerprint density at radius 2 is 1.88 bits per heavy atom. The molecule has 1 aliphatic rings. The molecule has 0 radical (unpaired) electrons. The number of hydrogen-bond donors (Lipinski definition) is 0. The highest BCUT2D eigenvalue weighted by Gasteiger charge is 2.34. The summed E-state index contributed by atoms with van der Waals surface area (Å²) in [6, 6.07) is 19.7. The molecule has 1 aliphatic heterocycles. The summed E-state index contributed by atoms with van der Waals surface area (Å²) in [6.07, 6.45) is 6.72. The van der Waals surface area contributed by atoms with E-state index in [1.54, 1.807) is 36.6 Å². The standard InChI is InChI=1S/C25H20FN3O2S/c1-18(14-19-8-3-2-4-9-19)15-23-24(30)29(17-21-11-7-13-31-21)25(32-23)28-27-16-20-10-5-6-12-22(20)26/h2-16H,17H2,1H3/b18-14+,23-15-,27-16+,28-25-. The van der Waals surface area contributed by atoms with Crippen LogP contribution in [0.25, 0.3) is 6.08 Å². The highest BCUT2D eigenvalue weighted by molar-refractivity contribution is 8.18. The molecule has 0 saturated carbocycles. The lowest BCUT2D eigenvalue weighted by Gasteiger charge is -2.12. The molecule has 32 heavy (non-hydrogen) atoms. The van der Waals surface area contributed by atoms with Crippen molar-refractivity contribution in [3.63, 3.8) is 0 Å². The molecule has 0 N–H and O–H groups in total. The molecule has 0 unspecified atom stereocenters. The van der Waals surface area contributed by atoms with Crippen LogP contribution in [0, 0.1) is 5.82 Å². The number of amides is 1. The number of furan rings is 1. The minimum Gasteiger partial charge on any atom is -0.467 e. The minimum absolute atomic E-state index is 0.188. The Bertz CT molecular complexity index is 1220. The van der Waals surface area contributed by atoms with Crippen molar-refractivity contribution in [3.05, 3.63) is 112 Å². The Morgan fingerprint density at radius 3 is 2.62 bits per heavy atom. The van der Waals surface area contributed by atoms with Crippen molar-refractivity contribution < 1.29 is 13.6 Å². The SMILES string of the molecule is CC(/C=C1\S/C(=N\N=C\c2ccccc2F)N(Cc2ccco2)C1=O)=C\c1ccccc1. The van der Waals surface area contributed by atoms with Crippen molar-refractivity contribution >= 4 is 35.1 Å². The molecule has 7 heteroatoms. The Kier molecular flexibility index (Phi) is 6.77. The molecule has 3 aromatic rings. The zero-order chi connectivity index (χ0) is 22.3. The van der Waals surface area contributed by atoms with Gasteiger partial charge in [0.2, 0.25) is 0 Å². The molecule has 0 atom stereocenters. The highest BCUT2D eigenvalue weighted by atomic mass is 32.2. The van der Waals surface area contributed by atoms with Crippen LogP contribution in [0.4, 0.5) is 4.39 Å². The maximum atomic E-state index is 13.8. The number of rotatable bonds is 6. The molecule has 1 amide bonds. The molecular weight excluding hydrogens is 425 g/mol. The smallest absolute Gasteiger partial charge is 0.267 e. The van der Waals surface area contributed by atoms with Crippen LogP contribution in [0.5, 0.6) is 0 Å². The summed E-state index contributed by atoms with van der Waals surface area (Å²) in [7, 11) is 0. The van der Waals surface area contributed by atoms with Gasteiger partial charge in [-0.05, 0) is 54.1 Å². The lowest BCUT2D eigenvalue weighted by molar-refractivity contribution is -0.122. The van der Waals surface area contributed by atoms with Crippen LogP contribution >= 0.6 is 11.8 Å². The van der Waals surface area contributed by atoms with Crippen LogP contribution in [-0.2, 0) is 11.3 Å². The van der Waals surface area contributed by atoms with E-state index in [-0.39, 0.29) is 18.3 Å². The Morgan fingerprint density at radius 1 is 1.09 bits per heavy atom. The first kappa shape index (κ1) is 21.5. The van der Waals surface area contributed by atoms with E-state index in [0.717, 1.165) is 11.1 Å². The van der Waals surface area contributed by atoms with Crippen molar-refractivity contribution in [2.75, 3.05) is 0 Å². The molecule has 1 fully saturated rings. The predicted octanol–water partition coefficient (Wildman–Crippen LogP) is 5.87. The molecular formula is C25H20FN3O2S. The molecule has 2 aromatic carbocycles. The number of allylic oxidation sites excluding steroid dienone is 2. The zero-order valence-electron chi connectivity index (χ0n) is 17.3. The van der Waals surface area contributed by atoms with Gasteiger partial charge in [-0.15, -0.1) is 5.10 Å². The summed E-state index contributed by atoms with van der Waals surface area (Å²) in [5.74, 6) is 0.0517. The van der Waals surface area contributed by atoms with Crippen molar-refractivity contribution in [1.29, 1.82) is 0 Å². The van der Waals surface area contributed by atoms with Gasteiger partial charge in [0.25, 0.3) is 5.91 Å². The van der Waals surface area contributed by atoms with E-state index in [1.807, 2.05) is 49.4 Å². The number of carbonyl (C=O) groups is 1. The number of hydrogen-bond acceptors (Lipinski definition) is 5. The van der Waals surface area contributed by atoms with E-state index < -0.39 is 0 Å². The normalized spacial score (nSPS) is 17.2. The third kappa shape index (κ3) is 5.31. The fourth-order valence-electron chi connectivity index (χ4n) is 3.06. The quantitative estimate of drug-likeness (QED) is 0.271. The molecule has 0 spiro atoms. The molecule has 5 nitrogen and oxygen atoms in total. The summed E-state index contributed by atoms with van der Waals surface area (Å²) in [5.41, 5.74) is 2.30. The van der Waals surface area contributed by atoms with Gasteiger partial charge in [0.05, 0.1) is 23.9 Å². The third-order valence-electron chi connectivity index (χ3n) is 4.58. The second kappa shape index (κ2) is 10.1. The van der Waals surface area contributed by atoms with Crippen LogP contribution in [0.1, 0.15) is 23.8 Å². The van der Waals surface area contributed by atoms with Crippen LogP contribution in [0.15, 0.2) is 104 Å². The number of carbonyl (C=O) groups excluding carboxylic acids is 1. The van der Waals surface area contributed by atoms with Crippen LogP contribution in [0.2, 0.25) is 0 Å². The molecule has 1 aromatic heterocycles. The lowest BCUT2D eigenvalue weighted by Crippen LogP contribution is -2.28. The minimum atomic E-state index is -0.388. The van der Waals surface area contributed by atoms with Gasteiger partial charge in [-0.1, -0.05) is 54.6 Å². The molecule has 2 heterocycles. The average molecular weight is 446 g/mol. The second-order valence-electron chi connectivity index (χ2n) is 7.03. The molecule has 0 bridgehead atoms. The fraction of sp³-hybridized carbons (Fsp3) is 0.0800. The van der Waals surface area contributed by atoms with Gasteiger partial charge in [0.1, 0.15) is 11.6 Å². The average Bonchev–Trinajstić information content (AvgIpc) is 3.40. The van der Waals surface area contributed by atoms with E-state index in [1.165, 1.54) is 28.9 Å². The van der Waals surface area contributed by atoms with Gasteiger partial charge in [-0.2, -0.15) is 5.10 Å². The van der Waals surface area contributed by atoms with E-state index in [9.17, 15) is 9.18 Å². The molecule has 1 saturated heterocycles. The number of halogens is 1. The van der Waals surface area contributed by atoms with Crippen LogP contribution < -0.4 is 0 Å². The first-order chi connectivity index (χ1) is 15.6. The summed E-state index contributed by atoms with van der Waals surface area (Å²) in [4.78, 5) is 15.1. The van der Waals surface area contributed by atoms with Crippen LogP contribution in [-0.4, -0.2) is 22.2 Å². The summed E-state index contributed by atoms with van der Waals surface area (Å²) < 4.78 is 19.2. The van der Waals surface area contributed by atoms with Crippen molar-refractivity contribution in [3.8, 4) is 0 Å². The Balaban J connectivity index is 1.61. The van der Waals surface area contributed by atoms with Gasteiger partial charge in [0.15, 0.2) is 5.17 Å². The van der Waals surface area contributed by atoms with E-state index in [4.69, 9.17) is 4.42 Å². The highest BCUT2D eigenvalue weighted by Crippen LogP contribution is 2.33. The lowest BCUT2D eigenvalue weighted by atomic mass is 10.1. The van der Waals surface area contributed by atoms with Crippen molar-refractivity contribution in [1.82, 2.24) is 4.90 Å². The predicted molar refractivity (Wildman–Crippen MR) is 126 cm³/mol. The van der Waals surface area contributed by atoms with Gasteiger partial charge in [-0.25, -0.2) is 4.39 Å². The monoisotopic (exact) mass is 445 g/mol. The number of nitrogens with zero attached hydrogens (tertiary/aromatic N) is 3. The second-order valence-corrected chi connectivity index (χ2v) is 8.04. The van der Waals surface area contributed by atoms with Gasteiger partial charge in [-0.3, -0.25) is 9.69 Å². The summed E-state index contributed by atoms with van der Waals surface area (Å²) >= 11 is 1.22. The fourth-order valence-corrected chi connectivity index (χ4v) is 4.05. The van der Waals surface area contributed by atoms with Gasteiger partial charge < -0.3 is 4.42 Å². The number of amidine groups is 1. The topological polar surface area (TPSA) is 58.2 Å². The molecule has 160 valence electrons.